The molecule has 0 fully saturated rings. The molecule has 3 heteroatoms. The maximum absolute atomic E-state index is 5.70. The van der Waals surface area contributed by atoms with Gasteiger partial charge < -0.3 is 9.47 Å². The molecule has 1 aromatic rings. The van der Waals surface area contributed by atoms with Crippen LogP contribution in [0.4, 0.5) is 0 Å². The minimum absolute atomic E-state index is 0.523. The topological polar surface area (TPSA) is 18.5 Å². The van der Waals surface area contributed by atoms with Crippen LogP contribution in [0.3, 0.4) is 0 Å². The second kappa shape index (κ2) is 8.29. The molecule has 0 radical (unpaired) electrons. The monoisotopic (exact) mass is 254 g/mol. The van der Waals surface area contributed by atoms with E-state index >= 15 is 0 Å². The molecule has 0 saturated carbocycles. The van der Waals surface area contributed by atoms with Gasteiger partial charge in [0, 0.05) is 5.92 Å². The Morgan fingerprint density at radius 3 is 2.12 bits per heavy atom. The van der Waals surface area contributed by atoms with Crippen LogP contribution in [0.2, 0.25) is 0 Å². The van der Waals surface area contributed by atoms with Crippen molar-refractivity contribution < 1.29 is 9.47 Å². The predicted molar refractivity (Wildman–Crippen MR) is 75.4 cm³/mol. The summed E-state index contributed by atoms with van der Waals surface area (Å²) in [5, 5.41) is 0. The summed E-state index contributed by atoms with van der Waals surface area (Å²) in [4.78, 5) is 0. The minimum Gasteiger partial charge on any atom is -0.494 e. The van der Waals surface area contributed by atoms with Crippen molar-refractivity contribution in [2.45, 2.75) is 26.7 Å². The van der Waals surface area contributed by atoms with Crippen LogP contribution in [0.1, 0.15) is 26.7 Å². The van der Waals surface area contributed by atoms with Crippen LogP contribution >= 0.6 is 12.6 Å². The molecule has 0 spiro atoms. The number of hydrogen-bond donors (Lipinski definition) is 1. The number of rotatable bonds is 8. The first-order valence-electron chi connectivity index (χ1n) is 6.26. The van der Waals surface area contributed by atoms with Crippen molar-refractivity contribution in [3.63, 3.8) is 0 Å². The second-order valence-electron chi connectivity index (χ2n) is 4.09. The fourth-order valence-electron chi connectivity index (χ4n) is 1.37. The van der Waals surface area contributed by atoms with Crippen molar-refractivity contribution in [1.29, 1.82) is 0 Å². The molecule has 17 heavy (non-hydrogen) atoms. The van der Waals surface area contributed by atoms with Gasteiger partial charge in [-0.2, -0.15) is 12.6 Å². The molecular formula is C14H22O2S. The lowest BCUT2D eigenvalue weighted by Crippen LogP contribution is -2.12. The fraction of sp³-hybridized carbons (Fsp3) is 0.571. The first-order chi connectivity index (χ1) is 8.30. The summed E-state index contributed by atoms with van der Waals surface area (Å²) in [6, 6.07) is 7.81. The van der Waals surface area contributed by atoms with E-state index in [4.69, 9.17) is 9.47 Å². The van der Waals surface area contributed by atoms with Crippen molar-refractivity contribution in [2.24, 2.45) is 5.92 Å². The Kier molecular flexibility index (Phi) is 6.94. The van der Waals surface area contributed by atoms with E-state index in [-0.39, 0.29) is 0 Å². The summed E-state index contributed by atoms with van der Waals surface area (Å²) in [7, 11) is 0. The van der Waals surface area contributed by atoms with Crippen molar-refractivity contribution in [1.82, 2.24) is 0 Å². The van der Waals surface area contributed by atoms with Gasteiger partial charge in [-0.25, -0.2) is 0 Å². The Labute approximate surface area is 110 Å². The molecule has 96 valence electrons. The highest BCUT2D eigenvalue weighted by molar-refractivity contribution is 7.80. The Morgan fingerprint density at radius 2 is 1.65 bits per heavy atom. The molecule has 1 atom stereocenters. The zero-order chi connectivity index (χ0) is 12.5. The van der Waals surface area contributed by atoms with Crippen molar-refractivity contribution >= 4 is 12.6 Å². The van der Waals surface area contributed by atoms with Crippen LogP contribution < -0.4 is 9.47 Å². The van der Waals surface area contributed by atoms with Gasteiger partial charge >= 0.3 is 0 Å². The van der Waals surface area contributed by atoms with Crippen LogP contribution in [-0.4, -0.2) is 19.0 Å². The van der Waals surface area contributed by atoms with E-state index in [1.807, 2.05) is 24.3 Å². The third kappa shape index (κ3) is 5.35. The molecule has 0 amide bonds. The Bertz CT molecular complexity index is 294. The third-order valence-electron chi connectivity index (χ3n) is 2.62. The highest BCUT2D eigenvalue weighted by Gasteiger charge is 2.04. The lowest BCUT2D eigenvalue weighted by atomic mass is 10.1. The van der Waals surface area contributed by atoms with E-state index in [0.29, 0.717) is 5.92 Å². The molecule has 0 saturated heterocycles. The Morgan fingerprint density at radius 1 is 1.06 bits per heavy atom. The van der Waals surface area contributed by atoms with Crippen molar-refractivity contribution in [2.75, 3.05) is 19.0 Å². The summed E-state index contributed by atoms with van der Waals surface area (Å²) >= 11 is 4.30. The summed E-state index contributed by atoms with van der Waals surface area (Å²) in [6.45, 7) is 5.75. The van der Waals surface area contributed by atoms with Gasteiger partial charge in [0.05, 0.1) is 13.2 Å². The highest BCUT2D eigenvalue weighted by atomic mass is 32.1. The SMILES string of the molecule is CCCOc1ccc(OCC(CC)CS)cc1. The van der Waals surface area contributed by atoms with E-state index in [1.54, 1.807) is 0 Å². The van der Waals surface area contributed by atoms with E-state index in [9.17, 15) is 0 Å². The quantitative estimate of drug-likeness (QED) is 0.711. The summed E-state index contributed by atoms with van der Waals surface area (Å²) in [5.41, 5.74) is 0. The number of hydrogen-bond acceptors (Lipinski definition) is 3. The van der Waals surface area contributed by atoms with Crippen LogP contribution in [0.5, 0.6) is 11.5 Å². The highest BCUT2D eigenvalue weighted by Crippen LogP contribution is 2.18. The molecule has 0 aromatic heterocycles. The largest absolute Gasteiger partial charge is 0.494 e. The van der Waals surface area contributed by atoms with Gasteiger partial charge in [-0.1, -0.05) is 13.8 Å². The zero-order valence-electron chi connectivity index (χ0n) is 10.7. The lowest BCUT2D eigenvalue weighted by molar-refractivity contribution is 0.258. The summed E-state index contributed by atoms with van der Waals surface area (Å²) in [5.74, 6) is 3.19. The standard InChI is InChI=1S/C14H22O2S/c1-3-9-15-13-5-7-14(8-6-13)16-10-12(4-2)11-17/h5-8,12,17H,3-4,9-11H2,1-2H3. The van der Waals surface area contributed by atoms with E-state index < -0.39 is 0 Å². The van der Waals surface area contributed by atoms with Gasteiger partial charge in [0.25, 0.3) is 0 Å². The third-order valence-corrected chi connectivity index (χ3v) is 3.13. The zero-order valence-corrected chi connectivity index (χ0v) is 11.6. The van der Waals surface area contributed by atoms with E-state index in [2.05, 4.69) is 26.5 Å². The second-order valence-corrected chi connectivity index (χ2v) is 4.45. The van der Waals surface area contributed by atoms with Crippen LogP contribution in [0.15, 0.2) is 24.3 Å². The minimum atomic E-state index is 0.523. The van der Waals surface area contributed by atoms with Crippen LogP contribution in [0.25, 0.3) is 0 Å². The van der Waals surface area contributed by atoms with Gasteiger partial charge in [0.2, 0.25) is 0 Å². The van der Waals surface area contributed by atoms with Gasteiger partial charge in [0.15, 0.2) is 0 Å². The maximum atomic E-state index is 5.70. The number of thiol groups is 1. The molecule has 1 unspecified atom stereocenters. The average molecular weight is 254 g/mol. The molecule has 0 aliphatic rings. The Balaban J connectivity index is 2.39. The number of benzene rings is 1. The van der Waals surface area contributed by atoms with Gasteiger partial charge in [-0.15, -0.1) is 0 Å². The van der Waals surface area contributed by atoms with Gasteiger partial charge in [0.1, 0.15) is 11.5 Å². The average Bonchev–Trinajstić information content (AvgIpc) is 2.39. The normalized spacial score (nSPS) is 12.2. The molecule has 0 heterocycles. The van der Waals surface area contributed by atoms with Crippen LogP contribution in [-0.2, 0) is 0 Å². The molecule has 1 aromatic carbocycles. The smallest absolute Gasteiger partial charge is 0.119 e. The summed E-state index contributed by atoms with van der Waals surface area (Å²) < 4.78 is 11.2. The maximum Gasteiger partial charge on any atom is 0.119 e. The summed E-state index contributed by atoms with van der Waals surface area (Å²) in [6.07, 6.45) is 2.12. The molecule has 0 aliphatic carbocycles. The van der Waals surface area contributed by atoms with Crippen LogP contribution in [0, 0.1) is 5.92 Å². The molecule has 1 rings (SSSR count). The van der Waals surface area contributed by atoms with Gasteiger partial charge in [-0.05, 0) is 42.9 Å². The number of ether oxygens (including phenoxy) is 2. The van der Waals surface area contributed by atoms with Crippen molar-refractivity contribution in [3.8, 4) is 11.5 Å². The first kappa shape index (κ1) is 14.2. The fourth-order valence-corrected chi connectivity index (χ4v) is 1.73. The van der Waals surface area contributed by atoms with Gasteiger partial charge in [-0.3, -0.25) is 0 Å². The molecule has 2 nitrogen and oxygen atoms in total. The van der Waals surface area contributed by atoms with E-state index in [1.165, 1.54) is 0 Å². The first-order valence-corrected chi connectivity index (χ1v) is 6.89. The van der Waals surface area contributed by atoms with Crippen molar-refractivity contribution in [3.05, 3.63) is 24.3 Å². The van der Waals surface area contributed by atoms with E-state index in [0.717, 1.165) is 43.3 Å². The Hall–Kier alpha value is -0.830. The molecule has 0 aliphatic heterocycles. The lowest BCUT2D eigenvalue weighted by Gasteiger charge is -2.13. The molecule has 0 N–H and O–H groups in total. The molecular weight excluding hydrogens is 232 g/mol. The molecule has 0 bridgehead atoms. The predicted octanol–water partition coefficient (Wildman–Crippen LogP) is 3.81.